The molecule has 0 unspecified atom stereocenters. The monoisotopic (exact) mass is 484 g/mol. The molecule has 0 spiro atoms. The van der Waals surface area contributed by atoms with E-state index in [9.17, 15) is 0 Å². The van der Waals surface area contributed by atoms with Crippen LogP contribution < -0.4 is 15.4 Å². The number of aliphatic imine (C=N–C) groups is 1. The lowest BCUT2D eigenvalue weighted by atomic mass is 9.98. The Kier molecular flexibility index (Phi) is 8.83. The molecule has 148 valence electrons. The third-order valence-corrected chi connectivity index (χ3v) is 4.68. The second kappa shape index (κ2) is 11.1. The van der Waals surface area contributed by atoms with Crippen molar-refractivity contribution in [2.24, 2.45) is 12.0 Å². The molecule has 0 amide bonds. The number of ether oxygens (including phenoxy) is 1. The van der Waals surface area contributed by atoms with Crippen molar-refractivity contribution < 1.29 is 4.74 Å². The number of pyridine rings is 1. The predicted molar refractivity (Wildman–Crippen MR) is 117 cm³/mol. The molecule has 0 atom stereocenters. The Labute approximate surface area is 178 Å². The van der Waals surface area contributed by atoms with Gasteiger partial charge in [-0.1, -0.05) is 6.42 Å². The Morgan fingerprint density at radius 2 is 1.96 bits per heavy atom. The van der Waals surface area contributed by atoms with Gasteiger partial charge >= 0.3 is 0 Å². The smallest absolute Gasteiger partial charge is 0.213 e. The molecule has 8 heteroatoms. The Bertz CT molecular complexity index is 726. The summed E-state index contributed by atoms with van der Waals surface area (Å²) in [5.74, 6) is 1.46. The van der Waals surface area contributed by atoms with Crippen molar-refractivity contribution in [1.82, 2.24) is 25.4 Å². The quantitative estimate of drug-likeness (QED) is 0.375. The number of nitrogens with zero attached hydrogens (tertiary/aromatic N) is 4. The number of rotatable bonds is 6. The first-order valence-electron chi connectivity index (χ1n) is 9.27. The molecular formula is C19H29IN6O. The first-order chi connectivity index (χ1) is 12.7. The van der Waals surface area contributed by atoms with Gasteiger partial charge in [-0.2, -0.15) is 5.10 Å². The minimum Gasteiger partial charge on any atom is -0.474 e. The topological polar surface area (TPSA) is 76.4 Å². The SMILES string of the molecule is CN=C(NCc1ccnc(OC2CCCCC2)c1)NCc1ccnn1C.I. The summed E-state index contributed by atoms with van der Waals surface area (Å²) in [4.78, 5) is 8.62. The van der Waals surface area contributed by atoms with E-state index in [-0.39, 0.29) is 24.0 Å². The van der Waals surface area contributed by atoms with Crippen LogP contribution in [0, 0.1) is 0 Å². The van der Waals surface area contributed by atoms with Crippen molar-refractivity contribution in [3.8, 4) is 5.88 Å². The van der Waals surface area contributed by atoms with Crippen LogP contribution in [0.2, 0.25) is 0 Å². The molecule has 1 aliphatic rings. The zero-order chi connectivity index (χ0) is 18.2. The van der Waals surface area contributed by atoms with Crippen molar-refractivity contribution in [3.63, 3.8) is 0 Å². The molecule has 2 N–H and O–H groups in total. The second-order valence-corrected chi connectivity index (χ2v) is 6.61. The largest absolute Gasteiger partial charge is 0.474 e. The molecule has 27 heavy (non-hydrogen) atoms. The van der Waals surface area contributed by atoms with Crippen LogP contribution in [-0.2, 0) is 20.1 Å². The Morgan fingerprint density at radius 3 is 2.67 bits per heavy atom. The molecule has 0 aliphatic heterocycles. The first kappa shape index (κ1) is 21.5. The lowest BCUT2D eigenvalue weighted by Gasteiger charge is -2.22. The van der Waals surface area contributed by atoms with E-state index in [0.29, 0.717) is 25.1 Å². The zero-order valence-electron chi connectivity index (χ0n) is 16.0. The highest BCUT2D eigenvalue weighted by atomic mass is 127. The molecule has 3 rings (SSSR count). The fourth-order valence-electron chi connectivity index (χ4n) is 3.13. The van der Waals surface area contributed by atoms with Gasteiger partial charge in [-0.25, -0.2) is 4.98 Å². The van der Waals surface area contributed by atoms with Crippen molar-refractivity contribution in [2.75, 3.05) is 7.05 Å². The van der Waals surface area contributed by atoms with E-state index >= 15 is 0 Å². The summed E-state index contributed by atoms with van der Waals surface area (Å²) in [6.07, 6.45) is 10.0. The van der Waals surface area contributed by atoms with Gasteiger partial charge in [0.2, 0.25) is 5.88 Å². The van der Waals surface area contributed by atoms with E-state index in [1.807, 2.05) is 29.9 Å². The number of hydrogen-bond acceptors (Lipinski definition) is 4. The third-order valence-electron chi connectivity index (χ3n) is 4.68. The van der Waals surface area contributed by atoms with Crippen LogP contribution in [0.15, 0.2) is 35.6 Å². The highest BCUT2D eigenvalue weighted by Gasteiger charge is 2.15. The molecule has 0 bridgehead atoms. The summed E-state index contributed by atoms with van der Waals surface area (Å²) in [6, 6.07) is 5.99. The van der Waals surface area contributed by atoms with Gasteiger partial charge in [0.15, 0.2) is 5.96 Å². The van der Waals surface area contributed by atoms with E-state index in [0.717, 1.165) is 30.1 Å². The standard InChI is InChI=1S/C19H28N6O.HI/c1-20-19(23-14-16-9-11-24-25(16)2)22-13-15-8-10-21-18(12-15)26-17-6-4-3-5-7-17;/h8-12,17H,3-7,13-14H2,1-2H3,(H2,20,22,23);1H. The van der Waals surface area contributed by atoms with Gasteiger partial charge in [0, 0.05) is 39.1 Å². The van der Waals surface area contributed by atoms with E-state index in [1.165, 1.54) is 19.3 Å². The van der Waals surface area contributed by atoms with Gasteiger partial charge in [-0.15, -0.1) is 24.0 Å². The number of guanidine groups is 1. The molecular weight excluding hydrogens is 455 g/mol. The zero-order valence-corrected chi connectivity index (χ0v) is 18.3. The van der Waals surface area contributed by atoms with Crippen LogP contribution >= 0.6 is 24.0 Å². The first-order valence-corrected chi connectivity index (χ1v) is 9.27. The Morgan fingerprint density at radius 1 is 1.19 bits per heavy atom. The fourth-order valence-corrected chi connectivity index (χ4v) is 3.13. The molecule has 1 aliphatic carbocycles. The van der Waals surface area contributed by atoms with Crippen LogP contribution in [0.25, 0.3) is 0 Å². The minimum atomic E-state index is 0. The normalized spacial score (nSPS) is 15.1. The molecule has 7 nitrogen and oxygen atoms in total. The highest BCUT2D eigenvalue weighted by Crippen LogP contribution is 2.22. The number of nitrogens with one attached hydrogen (secondary N) is 2. The van der Waals surface area contributed by atoms with Gasteiger partial charge in [0.1, 0.15) is 6.10 Å². The molecule has 1 fully saturated rings. The molecule has 2 aromatic rings. The lowest BCUT2D eigenvalue weighted by Crippen LogP contribution is -2.36. The summed E-state index contributed by atoms with van der Waals surface area (Å²) in [5.41, 5.74) is 2.22. The maximum atomic E-state index is 6.04. The van der Waals surface area contributed by atoms with Gasteiger partial charge in [-0.05, 0) is 43.4 Å². The van der Waals surface area contributed by atoms with Crippen LogP contribution in [0.1, 0.15) is 43.4 Å². The van der Waals surface area contributed by atoms with E-state index < -0.39 is 0 Å². The van der Waals surface area contributed by atoms with Crippen LogP contribution in [0.4, 0.5) is 0 Å². The maximum absolute atomic E-state index is 6.04. The van der Waals surface area contributed by atoms with Crippen LogP contribution in [0.3, 0.4) is 0 Å². The van der Waals surface area contributed by atoms with Gasteiger partial charge in [0.05, 0.1) is 12.2 Å². The lowest BCUT2D eigenvalue weighted by molar-refractivity contribution is 0.148. The average molecular weight is 484 g/mol. The second-order valence-electron chi connectivity index (χ2n) is 6.61. The Balaban J connectivity index is 0.00000261. The van der Waals surface area contributed by atoms with Crippen molar-refractivity contribution in [1.29, 1.82) is 0 Å². The van der Waals surface area contributed by atoms with E-state index in [2.05, 4.69) is 25.7 Å². The molecule has 0 radical (unpaired) electrons. The van der Waals surface area contributed by atoms with Gasteiger partial charge < -0.3 is 15.4 Å². The molecule has 1 saturated carbocycles. The number of aryl methyl sites for hydroxylation is 1. The number of aromatic nitrogens is 3. The summed E-state index contributed by atoms with van der Waals surface area (Å²) in [5, 5.41) is 10.8. The van der Waals surface area contributed by atoms with Crippen LogP contribution in [-0.4, -0.2) is 33.9 Å². The van der Waals surface area contributed by atoms with Crippen molar-refractivity contribution >= 4 is 29.9 Å². The highest BCUT2D eigenvalue weighted by molar-refractivity contribution is 14.0. The summed E-state index contributed by atoms with van der Waals surface area (Å²) < 4.78 is 7.89. The maximum Gasteiger partial charge on any atom is 0.213 e. The summed E-state index contributed by atoms with van der Waals surface area (Å²) >= 11 is 0. The fraction of sp³-hybridized carbons (Fsp3) is 0.526. The van der Waals surface area contributed by atoms with Gasteiger partial charge in [0.25, 0.3) is 0 Å². The molecule has 0 saturated heterocycles. The minimum absolute atomic E-state index is 0. The molecule has 2 aromatic heterocycles. The van der Waals surface area contributed by atoms with Crippen molar-refractivity contribution in [2.45, 2.75) is 51.3 Å². The predicted octanol–water partition coefficient (Wildman–Crippen LogP) is 3.01. The van der Waals surface area contributed by atoms with Gasteiger partial charge in [-0.3, -0.25) is 9.67 Å². The third kappa shape index (κ3) is 6.67. The van der Waals surface area contributed by atoms with Crippen LogP contribution in [0.5, 0.6) is 5.88 Å². The molecule has 0 aromatic carbocycles. The average Bonchev–Trinajstić information content (AvgIpc) is 3.08. The summed E-state index contributed by atoms with van der Waals surface area (Å²) in [6.45, 7) is 1.33. The summed E-state index contributed by atoms with van der Waals surface area (Å²) in [7, 11) is 3.70. The molecule has 2 heterocycles. The van der Waals surface area contributed by atoms with Crippen molar-refractivity contribution in [3.05, 3.63) is 41.9 Å². The number of hydrogen-bond donors (Lipinski definition) is 2. The van der Waals surface area contributed by atoms with E-state index in [1.54, 1.807) is 19.4 Å². The Hall–Kier alpha value is -1.84. The van der Waals surface area contributed by atoms with E-state index in [4.69, 9.17) is 4.74 Å². The number of halogens is 1.